The first-order chi connectivity index (χ1) is 25.7. The quantitative estimate of drug-likeness (QED) is 0.131. The smallest absolute Gasteiger partial charge is 0.240 e. The van der Waals surface area contributed by atoms with Gasteiger partial charge in [-0.1, -0.05) is 134 Å². The zero-order valence-electron chi connectivity index (χ0n) is 30.3. The first-order valence-corrected chi connectivity index (χ1v) is 19.6. The van der Waals surface area contributed by atoms with Gasteiger partial charge in [0.05, 0.1) is 23.7 Å². The van der Waals surface area contributed by atoms with E-state index in [0.717, 1.165) is 33.4 Å². The second-order valence-electron chi connectivity index (χ2n) is 14.0. The fraction of sp³-hybridized carbons (Fsp3) is 0.244. The summed E-state index contributed by atoms with van der Waals surface area (Å²) < 4.78 is 42.2. The number of likely N-dealkylation sites (N-methyl/N-ethyl adjacent to an activating group) is 1. The molecule has 1 saturated heterocycles. The monoisotopic (exact) mass is 726 g/mol. The van der Waals surface area contributed by atoms with Crippen molar-refractivity contribution in [2.24, 2.45) is 5.92 Å². The molecule has 272 valence electrons. The predicted molar refractivity (Wildman–Crippen MR) is 210 cm³/mol. The van der Waals surface area contributed by atoms with E-state index in [1.165, 1.54) is 16.3 Å². The second kappa shape index (κ2) is 16.1. The predicted octanol–water partition coefficient (Wildman–Crippen LogP) is 8.96. The lowest BCUT2D eigenvalue weighted by atomic mass is 9.89. The van der Waals surface area contributed by atoms with Gasteiger partial charge in [0.2, 0.25) is 10.0 Å². The average molecular weight is 727 g/mol. The van der Waals surface area contributed by atoms with Crippen molar-refractivity contribution in [3.63, 3.8) is 0 Å². The van der Waals surface area contributed by atoms with Crippen molar-refractivity contribution in [3.8, 4) is 11.1 Å². The van der Waals surface area contributed by atoms with Crippen molar-refractivity contribution in [2.45, 2.75) is 56.4 Å². The number of rotatable bonds is 12. The molecule has 0 aliphatic carbocycles. The van der Waals surface area contributed by atoms with Gasteiger partial charge >= 0.3 is 0 Å². The highest BCUT2D eigenvalue weighted by atomic mass is 32.2. The number of nitrogens with one attached hydrogen (secondary N) is 1. The molecule has 53 heavy (non-hydrogen) atoms. The van der Waals surface area contributed by atoms with Crippen molar-refractivity contribution in [1.29, 1.82) is 0 Å². The molecule has 5 atom stereocenters. The number of ether oxygens (including phenoxy) is 2. The van der Waals surface area contributed by atoms with E-state index in [4.69, 9.17) is 9.47 Å². The first-order valence-electron chi connectivity index (χ1n) is 18.1. The highest BCUT2D eigenvalue weighted by Crippen LogP contribution is 2.42. The summed E-state index contributed by atoms with van der Waals surface area (Å²) in [6.45, 7) is 5.27. The molecule has 0 bridgehead atoms. The largest absolute Gasteiger partial charge is 0.392 e. The number of sulfonamides is 1. The Kier molecular flexibility index (Phi) is 11.2. The first kappa shape index (κ1) is 36.7. The summed E-state index contributed by atoms with van der Waals surface area (Å²) in [5, 5.41) is 12.1. The molecular formula is C45H46N2O5S. The van der Waals surface area contributed by atoms with Crippen LogP contribution in [0.1, 0.15) is 60.1 Å². The molecule has 0 saturated carbocycles. The topological polar surface area (TPSA) is 88.1 Å². The Morgan fingerprint density at radius 3 is 2.15 bits per heavy atom. The number of hydrogen-bond acceptors (Lipinski definition) is 6. The molecular weight excluding hydrogens is 681 g/mol. The van der Waals surface area contributed by atoms with Crippen LogP contribution in [-0.2, 0) is 32.6 Å². The minimum atomic E-state index is -3.66. The normalized spacial score (nSPS) is 19.7. The van der Waals surface area contributed by atoms with Crippen molar-refractivity contribution in [2.75, 3.05) is 13.6 Å². The molecule has 0 radical (unpaired) electrons. The van der Waals surface area contributed by atoms with Gasteiger partial charge in [0.1, 0.15) is 0 Å². The molecule has 6 aromatic carbocycles. The average Bonchev–Trinajstić information content (AvgIpc) is 3.21. The van der Waals surface area contributed by atoms with Gasteiger partial charge in [-0.2, -0.15) is 0 Å². The van der Waals surface area contributed by atoms with Gasteiger partial charge < -0.3 is 14.6 Å². The molecule has 6 aromatic rings. The lowest BCUT2D eigenvalue weighted by Gasteiger charge is -2.43. The van der Waals surface area contributed by atoms with Crippen LogP contribution in [0.25, 0.3) is 21.9 Å². The second-order valence-corrected chi connectivity index (χ2v) is 15.7. The number of hydrogen-bond donors (Lipinski definition) is 2. The SMILES string of the molecule is CC1C(CN(C)C(C)c2ccc3ccccc3c2)OC(c2ccc(-c3ccccc3CNS(=O)(=O)c3ccccc3)cc2)OC1c1ccc(CO)cc1. The molecule has 2 N–H and O–H groups in total. The van der Waals surface area contributed by atoms with E-state index in [0.29, 0.717) is 6.54 Å². The Bertz CT molecular complexity index is 2240. The third kappa shape index (κ3) is 8.29. The van der Waals surface area contributed by atoms with Crippen LogP contribution in [-0.4, -0.2) is 38.1 Å². The minimum Gasteiger partial charge on any atom is -0.392 e. The van der Waals surface area contributed by atoms with E-state index in [2.05, 4.69) is 73.0 Å². The summed E-state index contributed by atoms with van der Waals surface area (Å²) in [6.07, 6.45) is -0.971. The Morgan fingerprint density at radius 2 is 1.42 bits per heavy atom. The Balaban J connectivity index is 1.12. The molecule has 0 spiro atoms. The van der Waals surface area contributed by atoms with Crippen LogP contribution in [0.3, 0.4) is 0 Å². The van der Waals surface area contributed by atoms with Crippen LogP contribution < -0.4 is 4.72 Å². The van der Waals surface area contributed by atoms with Crippen LogP contribution in [0, 0.1) is 5.92 Å². The lowest BCUT2D eigenvalue weighted by molar-refractivity contribution is -0.276. The molecule has 5 unspecified atom stereocenters. The van der Waals surface area contributed by atoms with Crippen molar-refractivity contribution in [1.82, 2.24) is 9.62 Å². The fourth-order valence-corrected chi connectivity index (χ4v) is 8.15. The van der Waals surface area contributed by atoms with Crippen molar-refractivity contribution >= 4 is 20.8 Å². The van der Waals surface area contributed by atoms with Gasteiger partial charge in [0, 0.05) is 30.6 Å². The summed E-state index contributed by atoms with van der Waals surface area (Å²) >= 11 is 0. The molecule has 1 aliphatic rings. The van der Waals surface area contributed by atoms with Gasteiger partial charge in [-0.05, 0) is 76.3 Å². The van der Waals surface area contributed by atoms with E-state index in [1.807, 2.05) is 72.8 Å². The van der Waals surface area contributed by atoms with Crippen molar-refractivity contribution in [3.05, 3.63) is 173 Å². The Morgan fingerprint density at radius 1 is 0.755 bits per heavy atom. The summed E-state index contributed by atoms with van der Waals surface area (Å²) in [6, 6.07) is 47.6. The molecule has 1 fully saturated rings. The lowest BCUT2D eigenvalue weighted by Crippen LogP contribution is -2.44. The highest BCUT2D eigenvalue weighted by Gasteiger charge is 2.39. The van der Waals surface area contributed by atoms with Crippen LogP contribution in [0.4, 0.5) is 0 Å². The highest BCUT2D eigenvalue weighted by molar-refractivity contribution is 7.89. The summed E-state index contributed by atoms with van der Waals surface area (Å²) in [5.74, 6) is 0.0447. The van der Waals surface area contributed by atoms with E-state index in [-0.39, 0.29) is 42.2 Å². The molecule has 0 aromatic heterocycles. The molecule has 1 aliphatic heterocycles. The summed E-state index contributed by atoms with van der Waals surface area (Å²) in [5.41, 5.74) is 6.82. The third-order valence-corrected chi connectivity index (χ3v) is 11.9. The van der Waals surface area contributed by atoms with Crippen LogP contribution in [0.5, 0.6) is 0 Å². The maximum atomic E-state index is 13.0. The van der Waals surface area contributed by atoms with E-state index >= 15 is 0 Å². The fourth-order valence-electron chi connectivity index (χ4n) is 7.12. The number of benzene rings is 6. The molecule has 7 rings (SSSR count). The number of fused-ring (bicyclic) bond motifs is 1. The van der Waals surface area contributed by atoms with Crippen LogP contribution >= 0.6 is 0 Å². The Labute approximate surface area is 312 Å². The van der Waals surface area contributed by atoms with E-state index < -0.39 is 16.3 Å². The van der Waals surface area contributed by atoms with Gasteiger partial charge in [0.25, 0.3) is 0 Å². The maximum Gasteiger partial charge on any atom is 0.240 e. The zero-order chi connectivity index (χ0) is 37.0. The number of aliphatic hydroxyl groups is 1. The molecule has 7 nitrogen and oxygen atoms in total. The van der Waals surface area contributed by atoms with Crippen LogP contribution in [0.15, 0.2) is 150 Å². The zero-order valence-corrected chi connectivity index (χ0v) is 31.1. The van der Waals surface area contributed by atoms with Gasteiger partial charge in [-0.3, -0.25) is 4.90 Å². The minimum absolute atomic E-state index is 0.0123. The van der Waals surface area contributed by atoms with E-state index in [9.17, 15) is 13.5 Å². The van der Waals surface area contributed by atoms with Crippen molar-refractivity contribution < 1.29 is 23.0 Å². The van der Waals surface area contributed by atoms with Gasteiger partial charge in [0.15, 0.2) is 6.29 Å². The standard InChI is InChI=1S/C45H46N2O5S/c1-31-43(29-47(3)32(2)38-26-21-34-11-7-8-12-39(34)27-38)51-45(52-44(31)36-19-17-33(30-48)18-20-36)37-24-22-35(23-25-37)42-16-10-9-13-40(42)28-46-53(49,50)41-14-5-4-6-15-41/h4-27,31-32,43-46,48H,28-30H2,1-3H3. The van der Waals surface area contributed by atoms with Gasteiger partial charge in [-0.15, -0.1) is 0 Å². The number of nitrogens with zero attached hydrogens (tertiary/aromatic N) is 1. The molecule has 8 heteroatoms. The third-order valence-electron chi connectivity index (χ3n) is 10.5. The molecule has 1 heterocycles. The van der Waals surface area contributed by atoms with Gasteiger partial charge in [-0.25, -0.2) is 13.1 Å². The molecule has 0 amide bonds. The van der Waals surface area contributed by atoms with Crippen LogP contribution in [0.2, 0.25) is 0 Å². The number of aliphatic hydroxyl groups excluding tert-OH is 1. The summed E-state index contributed by atoms with van der Waals surface area (Å²) in [7, 11) is -1.51. The summed E-state index contributed by atoms with van der Waals surface area (Å²) in [4.78, 5) is 2.59. The Hall–Kier alpha value is -4.67. The maximum absolute atomic E-state index is 13.0. The van der Waals surface area contributed by atoms with E-state index in [1.54, 1.807) is 30.3 Å².